The summed E-state index contributed by atoms with van der Waals surface area (Å²) in [7, 11) is -1.07. The van der Waals surface area contributed by atoms with Crippen molar-refractivity contribution in [2.24, 2.45) is 0 Å². The van der Waals surface area contributed by atoms with Crippen LogP contribution in [0.15, 0.2) is 6.20 Å². The molecule has 3 heterocycles. The molecule has 0 N–H and O–H groups in total. The van der Waals surface area contributed by atoms with Crippen LogP contribution in [0.25, 0.3) is 0 Å². The molecule has 0 spiro atoms. The molecule has 1 fully saturated rings. The molecule has 2 unspecified atom stereocenters. The Balaban J connectivity index is 1.67. The minimum atomic E-state index is -1.07. The van der Waals surface area contributed by atoms with E-state index in [-0.39, 0.29) is 18.2 Å². The predicted octanol–water partition coefficient (Wildman–Crippen LogP) is 4.19. The van der Waals surface area contributed by atoms with Gasteiger partial charge in [-0.15, -0.1) is 0 Å². The lowest BCUT2D eigenvalue weighted by Gasteiger charge is -2.36. The zero-order chi connectivity index (χ0) is 19.1. The number of amides is 1. The molecular formula is C19H33N3O3Si. The molecule has 1 amide bonds. The highest BCUT2D eigenvalue weighted by Gasteiger charge is 2.45. The third-order valence-corrected chi connectivity index (χ3v) is 6.79. The number of aromatic nitrogens is 2. The molecule has 2 bridgehead atoms. The van der Waals surface area contributed by atoms with Crippen molar-refractivity contribution in [3.05, 3.63) is 17.5 Å². The highest BCUT2D eigenvalue weighted by molar-refractivity contribution is 6.76. The summed E-state index contributed by atoms with van der Waals surface area (Å²) in [6.45, 7) is 14.1. The van der Waals surface area contributed by atoms with E-state index in [4.69, 9.17) is 9.47 Å². The Bertz CT molecular complexity index is 660. The van der Waals surface area contributed by atoms with Crippen LogP contribution in [0.2, 0.25) is 25.7 Å². The van der Waals surface area contributed by atoms with Gasteiger partial charge in [0, 0.05) is 38.4 Å². The number of hydrogen-bond donors (Lipinski definition) is 0. The number of fused-ring (bicyclic) bond motifs is 4. The number of nitrogens with zero attached hydrogens (tertiary/aromatic N) is 3. The quantitative estimate of drug-likeness (QED) is 0.568. The SMILES string of the molecule is CC(C)(C)OC(=O)N1C2CCC1c1cnn(COCC[Si](C)(C)C)c1C2. The zero-order valence-electron chi connectivity index (χ0n) is 17.0. The van der Waals surface area contributed by atoms with E-state index in [0.29, 0.717) is 6.73 Å². The van der Waals surface area contributed by atoms with Crippen molar-refractivity contribution in [3.8, 4) is 0 Å². The van der Waals surface area contributed by atoms with Crippen molar-refractivity contribution in [3.63, 3.8) is 0 Å². The number of carbonyl (C=O) groups excluding carboxylic acids is 1. The van der Waals surface area contributed by atoms with E-state index in [1.807, 2.05) is 36.5 Å². The van der Waals surface area contributed by atoms with E-state index in [0.717, 1.165) is 31.9 Å². The van der Waals surface area contributed by atoms with Gasteiger partial charge in [-0.05, 0) is 39.7 Å². The Morgan fingerprint density at radius 1 is 1.31 bits per heavy atom. The normalized spacial score (nSPS) is 22.5. The monoisotopic (exact) mass is 379 g/mol. The van der Waals surface area contributed by atoms with Crippen LogP contribution in [0, 0.1) is 0 Å². The second kappa shape index (κ2) is 7.00. The Morgan fingerprint density at radius 2 is 2.04 bits per heavy atom. The Morgan fingerprint density at radius 3 is 2.69 bits per heavy atom. The lowest BCUT2D eigenvalue weighted by molar-refractivity contribution is 0.0117. The summed E-state index contributed by atoms with van der Waals surface area (Å²) >= 11 is 0. The van der Waals surface area contributed by atoms with Gasteiger partial charge in [0.1, 0.15) is 12.3 Å². The van der Waals surface area contributed by atoms with Gasteiger partial charge in [0.2, 0.25) is 0 Å². The van der Waals surface area contributed by atoms with Crippen LogP contribution >= 0.6 is 0 Å². The van der Waals surface area contributed by atoms with E-state index >= 15 is 0 Å². The molecule has 0 aromatic carbocycles. The van der Waals surface area contributed by atoms with Gasteiger partial charge in [-0.2, -0.15) is 5.10 Å². The maximum atomic E-state index is 12.7. The van der Waals surface area contributed by atoms with Crippen LogP contribution in [0.3, 0.4) is 0 Å². The van der Waals surface area contributed by atoms with Crippen LogP contribution < -0.4 is 0 Å². The van der Waals surface area contributed by atoms with Crippen molar-refractivity contribution in [1.82, 2.24) is 14.7 Å². The molecule has 146 valence electrons. The maximum Gasteiger partial charge on any atom is 0.411 e. The number of carbonyl (C=O) groups is 1. The first-order chi connectivity index (χ1) is 12.1. The van der Waals surface area contributed by atoms with Gasteiger partial charge >= 0.3 is 6.09 Å². The van der Waals surface area contributed by atoms with Crippen molar-refractivity contribution in [2.45, 2.75) is 90.1 Å². The van der Waals surface area contributed by atoms with E-state index in [9.17, 15) is 4.79 Å². The Hall–Kier alpha value is -1.34. The first-order valence-electron chi connectivity index (χ1n) is 9.69. The molecule has 7 heteroatoms. The van der Waals surface area contributed by atoms with Crippen LogP contribution in [-0.2, 0) is 22.6 Å². The third-order valence-electron chi connectivity index (χ3n) is 5.09. The van der Waals surface area contributed by atoms with E-state index in [1.165, 1.54) is 11.3 Å². The third kappa shape index (κ3) is 4.31. The largest absolute Gasteiger partial charge is 0.444 e. The topological polar surface area (TPSA) is 56.6 Å². The van der Waals surface area contributed by atoms with E-state index in [2.05, 4.69) is 24.7 Å². The average molecular weight is 380 g/mol. The molecule has 2 atom stereocenters. The molecule has 0 saturated carbocycles. The summed E-state index contributed by atoms with van der Waals surface area (Å²) in [5, 5.41) is 4.54. The minimum absolute atomic E-state index is 0.0920. The van der Waals surface area contributed by atoms with Crippen LogP contribution in [0.1, 0.15) is 50.9 Å². The molecular weight excluding hydrogens is 346 g/mol. The number of rotatable bonds is 5. The fourth-order valence-corrected chi connectivity index (χ4v) is 4.53. The summed E-state index contributed by atoms with van der Waals surface area (Å²) in [5.74, 6) is 0. The lowest BCUT2D eigenvalue weighted by atomic mass is 10.0. The fourth-order valence-electron chi connectivity index (χ4n) is 3.77. The summed E-state index contributed by atoms with van der Waals surface area (Å²) in [5.41, 5.74) is 1.93. The molecule has 1 saturated heterocycles. The molecule has 26 heavy (non-hydrogen) atoms. The highest BCUT2D eigenvalue weighted by atomic mass is 28.3. The second-order valence-corrected chi connectivity index (χ2v) is 15.4. The van der Waals surface area contributed by atoms with Gasteiger partial charge in [-0.25, -0.2) is 9.48 Å². The second-order valence-electron chi connectivity index (χ2n) is 9.73. The van der Waals surface area contributed by atoms with Crippen LogP contribution in [0.5, 0.6) is 0 Å². The van der Waals surface area contributed by atoms with Crippen molar-refractivity contribution >= 4 is 14.2 Å². The first kappa shape index (κ1) is 19.4. The van der Waals surface area contributed by atoms with Crippen LogP contribution in [0.4, 0.5) is 4.79 Å². The molecule has 1 aromatic heterocycles. The van der Waals surface area contributed by atoms with Crippen molar-refractivity contribution in [1.29, 1.82) is 0 Å². The lowest BCUT2D eigenvalue weighted by Crippen LogP contribution is -2.44. The first-order valence-corrected chi connectivity index (χ1v) is 13.4. The van der Waals surface area contributed by atoms with Gasteiger partial charge in [-0.3, -0.25) is 4.90 Å². The van der Waals surface area contributed by atoms with Crippen LogP contribution in [-0.4, -0.2) is 47.1 Å². The Labute approximate surface area is 157 Å². The van der Waals surface area contributed by atoms with Gasteiger partial charge in [-0.1, -0.05) is 19.6 Å². The molecule has 6 nitrogen and oxygen atoms in total. The smallest absolute Gasteiger partial charge is 0.411 e. The molecule has 0 radical (unpaired) electrons. The minimum Gasteiger partial charge on any atom is -0.444 e. The predicted molar refractivity (Wildman–Crippen MR) is 104 cm³/mol. The average Bonchev–Trinajstić information content (AvgIpc) is 3.03. The van der Waals surface area contributed by atoms with Gasteiger partial charge in [0.05, 0.1) is 12.2 Å². The van der Waals surface area contributed by atoms with Crippen molar-refractivity contribution < 1.29 is 14.3 Å². The van der Waals surface area contributed by atoms with E-state index < -0.39 is 13.7 Å². The highest BCUT2D eigenvalue weighted by Crippen LogP contribution is 2.44. The molecule has 2 aliphatic heterocycles. The summed E-state index contributed by atoms with van der Waals surface area (Å²) in [6, 6.07) is 1.46. The van der Waals surface area contributed by atoms with Crippen molar-refractivity contribution in [2.75, 3.05) is 6.61 Å². The maximum absolute atomic E-state index is 12.7. The number of hydrogen-bond acceptors (Lipinski definition) is 4. The van der Waals surface area contributed by atoms with Gasteiger partial charge < -0.3 is 9.47 Å². The Kier molecular flexibility index (Phi) is 5.23. The van der Waals surface area contributed by atoms with Gasteiger partial charge in [0.15, 0.2) is 0 Å². The van der Waals surface area contributed by atoms with E-state index in [1.54, 1.807) is 0 Å². The summed E-state index contributed by atoms with van der Waals surface area (Å²) in [4.78, 5) is 14.6. The molecule has 3 rings (SSSR count). The zero-order valence-corrected chi connectivity index (χ0v) is 18.0. The standard InChI is InChI=1S/C19H33N3O3Si/c1-19(2,3)25-18(23)22-14-7-8-16(22)15-12-20-21(17(15)11-14)13-24-9-10-26(4,5)6/h12,14,16H,7-11,13H2,1-6H3. The molecule has 2 aliphatic rings. The summed E-state index contributed by atoms with van der Waals surface area (Å²) in [6.07, 6.45) is 4.56. The number of ether oxygens (including phenoxy) is 2. The summed E-state index contributed by atoms with van der Waals surface area (Å²) < 4.78 is 13.5. The fraction of sp³-hybridized carbons (Fsp3) is 0.789. The molecule has 1 aromatic rings. The van der Waals surface area contributed by atoms with Gasteiger partial charge in [0.25, 0.3) is 0 Å². The molecule has 0 aliphatic carbocycles.